The second-order valence-electron chi connectivity index (χ2n) is 5.65. The van der Waals surface area contributed by atoms with E-state index in [-0.39, 0.29) is 11.9 Å². The fraction of sp³-hybridized carbons (Fsp3) is 0.529. The highest BCUT2D eigenvalue weighted by atomic mass is 16.2. The molecule has 1 aromatic carbocycles. The minimum Gasteiger partial charge on any atom is -0.334 e. The Bertz CT molecular complexity index is 521. The van der Waals surface area contributed by atoms with Crippen molar-refractivity contribution in [2.24, 2.45) is 0 Å². The third-order valence-corrected chi connectivity index (χ3v) is 3.88. The summed E-state index contributed by atoms with van der Waals surface area (Å²) in [6.07, 6.45) is 2.55. The molecule has 1 aliphatic rings. The summed E-state index contributed by atoms with van der Waals surface area (Å²) < 4.78 is 0. The van der Waals surface area contributed by atoms with Crippen molar-refractivity contribution < 1.29 is 9.59 Å². The predicted molar refractivity (Wildman–Crippen MR) is 84.3 cm³/mol. The van der Waals surface area contributed by atoms with E-state index in [2.05, 4.69) is 0 Å². The number of fused-ring (bicyclic) bond motifs is 1. The zero-order valence-electron chi connectivity index (χ0n) is 13.1. The van der Waals surface area contributed by atoms with E-state index in [1.165, 1.54) is 0 Å². The molecule has 4 heteroatoms. The first kappa shape index (κ1) is 15.5. The Labute approximate surface area is 126 Å². The molecule has 1 aromatic rings. The highest BCUT2D eigenvalue weighted by Crippen LogP contribution is 2.32. The lowest BCUT2D eigenvalue weighted by atomic mass is 10.1. The minimum absolute atomic E-state index is 0.0453. The molecule has 4 nitrogen and oxygen atoms in total. The molecule has 0 saturated carbocycles. The summed E-state index contributed by atoms with van der Waals surface area (Å²) in [4.78, 5) is 28.5. The van der Waals surface area contributed by atoms with E-state index in [1.54, 1.807) is 9.80 Å². The van der Waals surface area contributed by atoms with Crippen LogP contribution in [-0.2, 0) is 16.0 Å². The summed E-state index contributed by atoms with van der Waals surface area (Å²) in [7, 11) is 0. The number of benzene rings is 1. The van der Waals surface area contributed by atoms with E-state index in [9.17, 15) is 9.59 Å². The van der Waals surface area contributed by atoms with Crippen LogP contribution in [0.15, 0.2) is 24.3 Å². The maximum Gasteiger partial charge on any atom is 0.316 e. The molecule has 1 atom stereocenters. The monoisotopic (exact) mass is 288 g/mol. The van der Waals surface area contributed by atoms with Gasteiger partial charge in [0.2, 0.25) is 0 Å². The number of carbonyl (C=O) groups is 2. The molecule has 0 N–H and O–H groups in total. The van der Waals surface area contributed by atoms with Crippen LogP contribution in [0.25, 0.3) is 0 Å². The second-order valence-corrected chi connectivity index (χ2v) is 5.65. The molecule has 1 aliphatic heterocycles. The normalized spacial score (nSPS) is 16.7. The smallest absolute Gasteiger partial charge is 0.316 e. The number of hydrogen-bond donors (Lipinski definition) is 0. The summed E-state index contributed by atoms with van der Waals surface area (Å²) in [5.41, 5.74) is 2.03. The van der Waals surface area contributed by atoms with Gasteiger partial charge in [0, 0.05) is 24.8 Å². The van der Waals surface area contributed by atoms with Crippen LogP contribution in [0.1, 0.15) is 39.2 Å². The number of carbonyl (C=O) groups excluding carboxylic acids is 2. The molecule has 2 rings (SSSR count). The van der Waals surface area contributed by atoms with Crippen molar-refractivity contribution in [2.75, 3.05) is 18.0 Å². The summed E-state index contributed by atoms with van der Waals surface area (Å²) in [6, 6.07) is 7.89. The van der Waals surface area contributed by atoms with Gasteiger partial charge >= 0.3 is 11.8 Å². The number of para-hydroxylation sites is 1. The molecular weight excluding hydrogens is 264 g/mol. The molecule has 1 unspecified atom stereocenters. The van der Waals surface area contributed by atoms with Crippen molar-refractivity contribution in [1.82, 2.24) is 4.90 Å². The Hall–Kier alpha value is -1.84. The minimum atomic E-state index is -0.394. The van der Waals surface area contributed by atoms with Crippen LogP contribution >= 0.6 is 0 Å². The number of anilines is 1. The van der Waals surface area contributed by atoms with Gasteiger partial charge in [0.25, 0.3) is 0 Å². The zero-order valence-corrected chi connectivity index (χ0v) is 13.1. The van der Waals surface area contributed by atoms with Crippen molar-refractivity contribution in [3.8, 4) is 0 Å². The standard InChI is InChI=1S/C17H24N2O2/c1-4-10-18(11-5-2)16(20)17(21)19-13(3)12-14-8-6-7-9-15(14)19/h6-9,13H,4-5,10-12H2,1-3H3. The Morgan fingerprint density at radius 2 is 1.81 bits per heavy atom. The molecule has 0 aromatic heterocycles. The van der Waals surface area contributed by atoms with Gasteiger partial charge in [0.1, 0.15) is 0 Å². The van der Waals surface area contributed by atoms with Gasteiger partial charge in [-0.05, 0) is 37.8 Å². The van der Waals surface area contributed by atoms with Gasteiger partial charge in [-0.1, -0.05) is 32.0 Å². The Morgan fingerprint density at radius 1 is 1.19 bits per heavy atom. The van der Waals surface area contributed by atoms with Gasteiger partial charge in [-0.3, -0.25) is 9.59 Å². The van der Waals surface area contributed by atoms with Crippen LogP contribution in [0, 0.1) is 0 Å². The third-order valence-electron chi connectivity index (χ3n) is 3.88. The van der Waals surface area contributed by atoms with E-state index in [0.29, 0.717) is 13.1 Å². The van der Waals surface area contributed by atoms with Gasteiger partial charge in [0.05, 0.1) is 0 Å². The van der Waals surface area contributed by atoms with Gasteiger partial charge in [-0.25, -0.2) is 0 Å². The molecule has 0 saturated heterocycles. The second kappa shape index (κ2) is 6.74. The first-order valence-corrected chi connectivity index (χ1v) is 7.80. The van der Waals surface area contributed by atoms with Crippen LogP contribution in [0.4, 0.5) is 5.69 Å². The summed E-state index contributed by atoms with van der Waals surface area (Å²) >= 11 is 0. The van der Waals surface area contributed by atoms with Crippen molar-refractivity contribution in [3.63, 3.8) is 0 Å². The lowest BCUT2D eigenvalue weighted by Gasteiger charge is -2.27. The maximum absolute atomic E-state index is 12.6. The van der Waals surface area contributed by atoms with Crippen molar-refractivity contribution in [1.29, 1.82) is 0 Å². The molecule has 0 radical (unpaired) electrons. The topological polar surface area (TPSA) is 40.6 Å². The lowest BCUT2D eigenvalue weighted by Crippen LogP contribution is -2.48. The SMILES string of the molecule is CCCN(CCC)C(=O)C(=O)N1c2ccccc2CC1C. The van der Waals surface area contributed by atoms with Crippen molar-refractivity contribution in [2.45, 2.75) is 46.1 Å². The van der Waals surface area contributed by atoms with Crippen LogP contribution in [0.2, 0.25) is 0 Å². The number of nitrogens with zero attached hydrogens (tertiary/aromatic N) is 2. The van der Waals surface area contributed by atoms with Crippen LogP contribution in [0.3, 0.4) is 0 Å². The number of amides is 2. The molecule has 114 valence electrons. The molecular formula is C17H24N2O2. The Kier molecular flexibility index (Phi) is 4.99. The lowest BCUT2D eigenvalue weighted by molar-refractivity contribution is -0.144. The summed E-state index contributed by atoms with van der Waals surface area (Å²) in [6.45, 7) is 7.32. The first-order chi connectivity index (χ1) is 10.1. The molecule has 0 aliphatic carbocycles. The zero-order chi connectivity index (χ0) is 15.4. The molecule has 0 fully saturated rings. The number of hydrogen-bond acceptors (Lipinski definition) is 2. The van der Waals surface area contributed by atoms with Crippen LogP contribution < -0.4 is 4.90 Å². The quantitative estimate of drug-likeness (QED) is 0.799. The van der Waals surface area contributed by atoms with Gasteiger partial charge in [-0.15, -0.1) is 0 Å². The van der Waals surface area contributed by atoms with Crippen LogP contribution in [0.5, 0.6) is 0 Å². The highest BCUT2D eigenvalue weighted by molar-refractivity contribution is 6.40. The van der Waals surface area contributed by atoms with E-state index >= 15 is 0 Å². The molecule has 0 bridgehead atoms. The average molecular weight is 288 g/mol. The van der Waals surface area contributed by atoms with Crippen molar-refractivity contribution >= 4 is 17.5 Å². The molecule has 2 amide bonds. The predicted octanol–water partition coefficient (Wildman–Crippen LogP) is 2.61. The summed E-state index contributed by atoms with van der Waals surface area (Å²) in [5, 5.41) is 0. The molecule has 21 heavy (non-hydrogen) atoms. The first-order valence-electron chi connectivity index (χ1n) is 7.80. The van der Waals surface area contributed by atoms with E-state index in [1.807, 2.05) is 45.0 Å². The maximum atomic E-state index is 12.6. The fourth-order valence-corrected chi connectivity index (χ4v) is 2.97. The van der Waals surface area contributed by atoms with E-state index in [4.69, 9.17) is 0 Å². The fourth-order valence-electron chi connectivity index (χ4n) is 2.97. The highest BCUT2D eigenvalue weighted by Gasteiger charge is 2.35. The van der Waals surface area contributed by atoms with E-state index < -0.39 is 5.91 Å². The molecule has 0 spiro atoms. The van der Waals surface area contributed by atoms with Gasteiger partial charge < -0.3 is 9.80 Å². The summed E-state index contributed by atoms with van der Waals surface area (Å²) in [5.74, 6) is -0.767. The Morgan fingerprint density at radius 3 is 2.43 bits per heavy atom. The third kappa shape index (κ3) is 3.09. The van der Waals surface area contributed by atoms with E-state index in [0.717, 1.165) is 30.5 Å². The molecule has 1 heterocycles. The van der Waals surface area contributed by atoms with Gasteiger partial charge in [-0.2, -0.15) is 0 Å². The largest absolute Gasteiger partial charge is 0.334 e. The number of rotatable bonds is 4. The van der Waals surface area contributed by atoms with Gasteiger partial charge in [0.15, 0.2) is 0 Å². The Balaban J connectivity index is 2.21. The average Bonchev–Trinajstić information content (AvgIpc) is 2.81. The van der Waals surface area contributed by atoms with Crippen LogP contribution in [-0.4, -0.2) is 35.8 Å². The van der Waals surface area contributed by atoms with Crippen molar-refractivity contribution in [3.05, 3.63) is 29.8 Å².